The Morgan fingerprint density at radius 1 is 1.09 bits per heavy atom. The first-order chi connectivity index (χ1) is 10.8. The minimum absolute atomic E-state index is 0.670. The lowest BCUT2D eigenvalue weighted by atomic mass is 10.1. The van der Waals surface area contributed by atoms with Crippen molar-refractivity contribution < 1.29 is 0 Å². The molecule has 0 aliphatic carbocycles. The quantitative estimate of drug-likeness (QED) is 0.798. The van der Waals surface area contributed by atoms with E-state index >= 15 is 0 Å². The third kappa shape index (κ3) is 3.65. The Morgan fingerprint density at radius 3 is 2.45 bits per heavy atom. The summed E-state index contributed by atoms with van der Waals surface area (Å²) in [6.07, 6.45) is 1.86. The lowest BCUT2D eigenvalue weighted by Gasteiger charge is -2.33. The zero-order valence-electron chi connectivity index (χ0n) is 12.2. The Bertz CT molecular complexity index is 696. The standard InChI is InChI=1S/C17H16N4S/c18-14-16-5-3-15(4-6-16)2-1-8-20-9-11-21(12-10-20)17-19-7-13-22-17/h3-7,13H,8-12H2. The topological polar surface area (TPSA) is 43.2 Å². The zero-order chi connectivity index (χ0) is 15.2. The van der Waals surface area contributed by atoms with E-state index in [2.05, 4.69) is 32.7 Å². The monoisotopic (exact) mass is 308 g/mol. The van der Waals surface area contributed by atoms with E-state index in [0.29, 0.717) is 5.56 Å². The van der Waals surface area contributed by atoms with Crippen LogP contribution >= 0.6 is 11.3 Å². The van der Waals surface area contributed by atoms with Crippen LogP contribution in [0.25, 0.3) is 0 Å². The van der Waals surface area contributed by atoms with Crippen LogP contribution in [0.15, 0.2) is 35.8 Å². The number of nitriles is 1. The molecule has 4 nitrogen and oxygen atoms in total. The van der Waals surface area contributed by atoms with Gasteiger partial charge in [0.15, 0.2) is 5.13 Å². The second-order valence-electron chi connectivity index (χ2n) is 5.07. The lowest BCUT2D eigenvalue weighted by molar-refractivity contribution is 0.288. The van der Waals surface area contributed by atoms with Crippen molar-refractivity contribution in [1.29, 1.82) is 5.26 Å². The Balaban J connectivity index is 1.49. The van der Waals surface area contributed by atoms with Crippen molar-refractivity contribution in [3.63, 3.8) is 0 Å². The Hall–Kier alpha value is -2.34. The normalized spacial score (nSPS) is 15.0. The van der Waals surface area contributed by atoms with Gasteiger partial charge >= 0.3 is 0 Å². The lowest BCUT2D eigenvalue weighted by Crippen LogP contribution is -2.46. The van der Waals surface area contributed by atoms with Crippen molar-refractivity contribution in [2.75, 3.05) is 37.6 Å². The molecule has 3 rings (SSSR count). The molecule has 2 aromatic rings. The number of hydrogen-bond acceptors (Lipinski definition) is 5. The van der Waals surface area contributed by atoms with E-state index in [4.69, 9.17) is 5.26 Å². The number of benzene rings is 1. The van der Waals surface area contributed by atoms with Crippen LogP contribution in [0.3, 0.4) is 0 Å². The Labute approximate surface area is 134 Å². The molecule has 1 fully saturated rings. The van der Waals surface area contributed by atoms with E-state index in [1.54, 1.807) is 23.5 Å². The molecular formula is C17H16N4S. The third-order valence-corrected chi connectivity index (χ3v) is 4.44. The van der Waals surface area contributed by atoms with Gasteiger partial charge in [0.25, 0.3) is 0 Å². The van der Waals surface area contributed by atoms with E-state index in [-0.39, 0.29) is 0 Å². The van der Waals surface area contributed by atoms with Gasteiger partial charge in [-0.25, -0.2) is 4.98 Å². The molecule has 1 saturated heterocycles. The summed E-state index contributed by atoms with van der Waals surface area (Å²) in [6.45, 7) is 4.83. The van der Waals surface area contributed by atoms with Crippen LogP contribution in [0.1, 0.15) is 11.1 Å². The SMILES string of the molecule is N#Cc1ccc(C#CCN2CCN(c3nccs3)CC2)cc1. The molecule has 0 unspecified atom stereocenters. The van der Waals surface area contributed by atoms with Crippen LogP contribution in [0.5, 0.6) is 0 Å². The van der Waals surface area contributed by atoms with Crippen molar-refractivity contribution in [3.8, 4) is 17.9 Å². The summed E-state index contributed by atoms with van der Waals surface area (Å²) in [5.41, 5.74) is 1.63. The largest absolute Gasteiger partial charge is 0.346 e. The van der Waals surface area contributed by atoms with Crippen molar-refractivity contribution in [2.45, 2.75) is 0 Å². The number of anilines is 1. The highest BCUT2D eigenvalue weighted by Gasteiger charge is 2.17. The predicted molar refractivity (Wildman–Crippen MR) is 88.8 cm³/mol. The Morgan fingerprint density at radius 2 is 1.82 bits per heavy atom. The van der Waals surface area contributed by atoms with E-state index in [1.165, 1.54) is 0 Å². The van der Waals surface area contributed by atoms with E-state index in [0.717, 1.165) is 43.4 Å². The van der Waals surface area contributed by atoms with Crippen LogP contribution in [-0.4, -0.2) is 42.6 Å². The van der Waals surface area contributed by atoms with Gasteiger partial charge in [-0.05, 0) is 24.3 Å². The molecule has 0 bridgehead atoms. The molecular weight excluding hydrogens is 292 g/mol. The molecule has 0 amide bonds. The minimum Gasteiger partial charge on any atom is -0.346 e. The summed E-state index contributed by atoms with van der Waals surface area (Å²) in [7, 11) is 0. The minimum atomic E-state index is 0.670. The molecule has 5 heteroatoms. The van der Waals surface area contributed by atoms with Crippen molar-refractivity contribution in [1.82, 2.24) is 9.88 Å². The number of rotatable bonds is 2. The van der Waals surface area contributed by atoms with E-state index in [9.17, 15) is 0 Å². The fraction of sp³-hybridized carbons (Fsp3) is 0.294. The van der Waals surface area contributed by atoms with Crippen LogP contribution in [0.2, 0.25) is 0 Å². The molecule has 0 N–H and O–H groups in total. The summed E-state index contributed by atoms with van der Waals surface area (Å²) in [5.74, 6) is 6.38. The third-order valence-electron chi connectivity index (χ3n) is 3.61. The first kappa shape index (κ1) is 14.6. The van der Waals surface area contributed by atoms with E-state index < -0.39 is 0 Å². The van der Waals surface area contributed by atoms with Gasteiger partial charge in [0.05, 0.1) is 18.2 Å². The molecule has 1 aliphatic heterocycles. The molecule has 110 valence electrons. The van der Waals surface area contributed by atoms with E-state index in [1.807, 2.05) is 23.7 Å². The number of thiazole rings is 1. The van der Waals surface area contributed by atoms with Crippen LogP contribution in [-0.2, 0) is 0 Å². The maximum absolute atomic E-state index is 8.76. The van der Waals surface area contributed by atoms with Crippen LogP contribution < -0.4 is 4.90 Å². The van der Waals surface area contributed by atoms with Crippen molar-refractivity contribution >= 4 is 16.5 Å². The summed E-state index contributed by atoms with van der Waals surface area (Å²) >= 11 is 1.69. The highest BCUT2D eigenvalue weighted by molar-refractivity contribution is 7.13. The fourth-order valence-corrected chi connectivity index (χ4v) is 3.05. The van der Waals surface area contributed by atoms with Gasteiger partial charge in [-0.1, -0.05) is 11.8 Å². The summed E-state index contributed by atoms with van der Waals surface area (Å²) in [4.78, 5) is 9.05. The first-order valence-corrected chi connectivity index (χ1v) is 8.09. The van der Waals surface area contributed by atoms with Gasteiger partial charge in [-0.2, -0.15) is 5.26 Å². The second-order valence-corrected chi connectivity index (χ2v) is 5.94. The summed E-state index contributed by atoms with van der Waals surface area (Å²) in [6, 6.07) is 9.51. The molecule has 22 heavy (non-hydrogen) atoms. The van der Waals surface area contributed by atoms with Gasteiger partial charge in [0.1, 0.15) is 0 Å². The number of hydrogen-bond donors (Lipinski definition) is 0. The highest BCUT2D eigenvalue weighted by Crippen LogP contribution is 2.18. The molecule has 0 atom stereocenters. The maximum Gasteiger partial charge on any atom is 0.185 e. The van der Waals surface area contributed by atoms with Gasteiger partial charge in [-0.15, -0.1) is 11.3 Å². The zero-order valence-corrected chi connectivity index (χ0v) is 13.0. The Kier molecular flexibility index (Phi) is 4.70. The number of piperazine rings is 1. The average molecular weight is 308 g/mol. The molecule has 0 spiro atoms. The van der Waals surface area contributed by atoms with Crippen LogP contribution in [0.4, 0.5) is 5.13 Å². The molecule has 0 radical (unpaired) electrons. The maximum atomic E-state index is 8.76. The smallest absolute Gasteiger partial charge is 0.185 e. The van der Waals surface area contributed by atoms with Gasteiger partial charge < -0.3 is 4.90 Å². The molecule has 1 aromatic heterocycles. The average Bonchev–Trinajstić information content (AvgIpc) is 3.11. The fourth-order valence-electron chi connectivity index (χ4n) is 2.35. The molecule has 2 heterocycles. The summed E-state index contributed by atoms with van der Waals surface area (Å²) < 4.78 is 0. The predicted octanol–water partition coefficient (Wildman–Crippen LogP) is 2.19. The summed E-state index contributed by atoms with van der Waals surface area (Å²) in [5, 5.41) is 11.9. The number of nitrogens with zero attached hydrogens (tertiary/aromatic N) is 4. The van der Waals surface area contributed by atoms with Gasteiger partial charge in [0, 0.05) is 43.3 Å². The highest BCUT2D eigenvalue weighted by atomic mass is 32.1. The van der Waals surface area contributed by atoms with Crippen molar-refractivity contribution in [2.24, 2.45) is 0 Å². The van der Waals surface area contributed by atoms with Crippen LogP contribution in [0, 0.1) is 23.2 Å². The molecule has 1 aromatic carbocycles. The second kappa shape index (κ2) is 7.09. The van der Waals surface area contributed by atoms with Crippen molar-refractivity contribution in [3.05, 3.63) is 47.0 Å². The van der Waals surface area contributed by atoms with Gasteiger partial charge in [-0.3, -0.25) is 4.90 Å². The number of aromatic nitrogens is 1. The first-order valence-electron chi connectivity index (χ1n) is 7.21. The molecule has 0 saturated carbocycles. The molecule has 1 aliphatic rings. The van der Waals surface area contributed by atoms with Gasteiger partial charge in [0.2, 0.25) is 0 Å².